The molecule has 1 aromatic heterocycles. The summed E-state index contributed by atoms with van der Waals surface area (Å²) < 4.78 is 4.58. The number of carbonyl (C=O) groups excluding carboxylic acids is 1. The lowest BCUT2D eigenvalue weighted by Crippen LogP contribution is -2.38. The summed E-state index contributed by atoms with van der Waals surface area (Å²) >= 11 is 0. The summed E-state index contributed by atoms with van der Waals surface area (Å²) in [5.41, 5.74) is -0.204. The summed E-state index contributed by atoms with van der Waals surface area (Å²) in [6, 6.07) is 2.44. The van der Waals surface area contributed by atoms with Crippen LogP contribution in [0.4, 0.5) is 0 Å². The first-order valence-corrected chi connectivity index (χ1v) is 5.05. The topological polar surface area (TPSA) is 79.5 Å². The van der Waals surface area contributed by atoms with Gasteiger partial charge in [0, 0.05) is 18.7 Å². The van der Waals surface area contributed by atoms with Crippen molar-refractivity contribution in [3.8, 4) is 0 Å². The van der Waals surface area contributed by atoms with Gasteiger partial charge in [0.15, 0.2) is 0 Å². The summed E-state index contributed by atoms with van der Waals surface area (Å²) in [7, 11) is 0. The van der Waals surface area contributed by atoms with Crippen molar-refractivity contribution in [3.05, 3.63) is 34.4 Å². The van der Waals surface area contributed by atoms with Gasteiger partial charge in [-0.2, -0.15) is 0 Å². The minimum absolute atomic E-state index is 0.00528. The summed E-state index contributed by atoms with van der Waals surface area (Å²) in [4.78, 5) is 22.3. The zero-order chi connectivity index (χ0) is 12.1. The molecular weight excluding hydrogens is 210 g/mol. The van der Waals surface area contributed by atoms with Crippen molar-refractivity contribution in [1.82, 2.24) is 5.32 Å². The van der Waals surface area contributed by atoms with Crippen molar-refractivity contribution >= 4 is 5.91 Å². The molecule has 1 heterocycles. The number of aliphatic hydroxyl groups excluding tert-OH is 1. The lowest BCUT2D eigenvalue weighted by molar-refractivity contribution is 0.0914. The second kappa shape index (κ2) is 5.46. The van der Waals surface area contributed by atoms with Gasteiger partial charge < -0.3 is 14.8 Å². The molecule has 1 rings (SSSR count). The maximum absolute atomic E-state index is 11.6. The average molecular weight is 225 g/mol. The molecule has 0 bridgehead atoms. The normalized spacial score (nSPS) is 14.2. The molecule has 0 aliphatic heterocycles. The van der Waals surface area contributed by atoms with E-state index in [-0.39, 0.29) is 30.0 Å². The molecule has 1 amide bonds. The minimum Gasteiger partial charge on any atom is -0.430 e. The maximum Gasteiger partial charge on any atom is 0.335 e. The van der Waals surface area contributed by atoms with Crippen LogP contribution < -0.4 is 10.9 Å². The predicted octanol–water partition coefficient (Wildman–Crippen LogP) is 0.387. The van der Waals surface area contributed by atoms with Crippen molar-refractivity contribution in [2.75, 3.05) is 6.61 Å². The average Bonchev–Trinajstić information content (AvgIpc) is 2.28. The number of nitrogens with one attached hydrogen (secondary N) is 1. The molecule has 1 aromatic rings. The third-order valence-corrected chi connectivity index (χ3v) is 2.46. The van der Waals surface area contributed by atoms with E-state index in [1.165, 1.54) is 12.1 Å². The smallest absolute Gasteiger partial charge is 0.335 e. The molecule has 2 atom stereocenters. The van der Waals surface area contributed by atoms with Crippen LogP contribution in [0.25, 0.3) is 0 Å². The van der Waals surface area contributed by atoms with Gasteiger partial charge in [-0.05, 0) is 18.9 Å². The second-order valence-electron chi connectivity index (χ2n) is 3.77. The van der Waals surface area contributed by atoms with Crippen molar-refractivity contribution in [2.45, 2.75) is 19.9 Å². The Morgan fingerprint density at radius 3 is 2.69 bits per heavy atom. The molecule has 0 fully saturated rings. The van der Waals surface area contributed by atoms with Gasteiger partial charge in [-0.3, -0.25) is 4.79 Å². The Morgan fingerprint density at radius 1 is 1.50 bits per heavy atom. The number of aliphatic hydroxyl groups is 1. The van der Waals surface area contributed by atoms with Crippen molar-refractivity contribution in [3.63, 3.8) is 0 Å². The Balaban J connectivity index is 2.65. The van der Waals surface area contributed by atoms with Crippen LogP contribution in [-0.4, -0.2) is 23.7 Å². The highest BCUT2D eigenvalue weighted by Gasteiger charge is 2.15. The highest BCUT2D eigenvalue weighted by Crippen LogP contribution is 2.03. The molecule has 0 radical (unpaired) electrons. The summed E-state index contributed by atoms with van der Waals surface area (Å²) in [5.74, 6) is -0.351. The summed E-state index contributed by atoms with van der Waals surface area (Å²) in [6.07, 6.45) is 1.12. The van der Waals surface area contributed by atoms with Crippen LogP contribution in [0.3, 0.4) is 0 Å². The summed E-state index contributed by atoms with van der Waals surface area (Å²) in [6.45, 7) is 3.64. The monoisotopic (exact) mass is 225 g/mol. The molecule has 88 valence electrons. The molecule has 0 saturated carbocycles. The molecule has 0 aliphatic rings. The molecule has 5 heteroatoms. The van der Waals surface area contributed by atoms with Crippen LogP contribution in [-0.2, 0) is 0 Å². The number of hydrogen-bond acceptors (Lipinski definition) is 4. The fraction of sp³-hybridized carbons (Fsp3) is 0.455. The zero-order valence-corrected chi connectivity index (χ0v) is 9.27. The first kappa shape index (κ1) is 12.4. The first-order valence-electron chi connectivity index (χ1n) is 5.05. The van der Waals surface area contributed by atoms with E-state index in [0.717, 1.165) is 6.26 Å². The maximum atomic E-state index is 11.6. The van der Waals surface area contributed by atoms with E-state index >= 15 is 0 Å². The van der Waals surface area contributed by atoms with Gasteiger partial charge >= 0.3 is 5.63 Å². The van der Waals surface area contributed by atoms with E-state index in [1.807, 2.05) is 6.92 Å². The van der Waals surface area contributed by atoms with Gasteiger partial charge in [0.2, 0.25) is 0 Å². The minimum atomic E-state index is -0.492. The predicted molar refractivity (Wildman–Crippen MR) is 58.2 cm³/mol. The van der Waals surface area contributed by atoms with E-state index in [4.69, 9.17) is 5.11 Å². The lowest BCUT2D eigenvalue weighted by atomic mass is 10.0. The van der Waals surface area contributed by atoms with Crippen LogP contribution in [0.15, 0.2) is 27.6 Å². The fourth-order valence-electron chi connectivity index (χ4n) is 1.08. The SMILES string of the molecule is CC(CO)C(C)NC(=O)c1ccc(=O)oc1. The van der Waals surface area contributed by atoms with Crippen LogP contribution in [0.1, 0.15) is 24.2 Å². The van der Waals surface area contributed by atoms with Crippen LogP contribution in [0.5, 0.6) is 0 Å². The lowest BCUT2D eigenvalue weighted by Gasteiger charge is -2.18. The van der Waals surface area contributed by atoms with Crippen LogP contribution in [0, 0.1) is 5.92 Å². The fourth-order valence-corrected chi connectivity index (χ4v) is 1.08. The van der Waals surface area contributed by atoms with Gasteiger partial charge in [0.25, 0.3) is 5.91 Å². The zero-order valence-electron chi connectivity index (χ0n) is 9.27. The highest BCUT2D eigenvalue weighted by molar-refractivity contribution is 5.93. The Morgan fingerprint density at radius 2 is 2.19 bits per heavy atom. The van der Waals surface area contributed by atoms with Crippen molar-refractivity contribution < 1.29 is 14.3 Å². The molecule has 2 N–H and O–H groups in total. The first-order chi connectivity index (χ1) is 7.54. The van der Waals surface area contributed by atoms with Crippen LogP contribution in [0.2, 0.25) is 0 Å². The molecule has 2 unspecified atom stereocenters. The summed E-state index contributed by atoms with van der Waals surface area (Å²) in [5, 5.41) is 11.6. The van der Waals surface area contributed by atoms with E-state index in [1.54, 1.807) is 6.92 Å². The van der Waals surface area contributed by atoms with Crippen LogP contribution >= 0.6 is 0 Å². The molecule has 0 saturated heterocycles. The van der Waals surface area contributed by atoms with Gasteiger partial charge in [-0.15, -0.1) is 0 Å². The Bertz CT molecular complexity index is 392. The third kappa shape index (κ3) is 3.20. The standard InChI is InChI=1S/C11H15NO4/c1-7(5-13)8(2)12-11(15)9-3-4-10(14)16-6-9/h3-4,6-8,13H,5H2,1-2H3,(H,12,15). The Labute approximate surface area is 93.1 Å². The molecule has 16 heavy (non-hydrogen) atoms. The second-order valence-corrected chi connectivity index (χ2v) is 3.77. The van der Waals surface area contributed by atoms with Crippen molar-refractivity contribution in [1.29, 1.82) is 0 Å². The van der Waals surface area contributed by atoms with Gasteiger partial charge in [-0.1, -0.05) is 6.92 Å². The van der Waals surface area contributed by atoms with Gasteiger partial charge in [0.05, 0.1) is 5.56 Å². The van der Waals surface area contributed by atoms with Crippen molar-refractivity contribution in [2.24, 2.45) is 5.92 Å². The number of hydrogen-bond donors (Lipinski definition) is 2. The third-order valence-electron chi connectivity index (χ3n) is 2.46. The number of carbonyl (C=O) groups is 1. The van der Waals surface area contributed by atoms with E-state index in [0.29, 0.717) is 0 Å². The van der Waals surface area contributed by atoms with E-state index < -0.39 is 5.63 Å². The molecule has 5 nitrogen and oxygen atoms in total. The van der Waals surface area contributed by atoms with E-state index in [2.05, 4.69) is 9.73 Å². The molecule has 0 aromatic carbocycles. The van der Waals surface area contributed by atoms with Gasteiger partial charge in [-0.25, -0.2) is 4.79 Å². The quantitative estimate of drug-likeness (QED) is 0.776. The van der Waals surface area contributed by atoms with Gasteiger partial charge in [0.1, 0.15) is 6.26 Å². The molecule has 0 spiro atoms. The Kier molecular flexibility index (Phi) is 4.25. The number of amides is 1. The Hall–Kier alpha value is -1.62. The number of rotatable bonds is 4. The molecular formula is C11H15NO4. The molecule has 0 aliphatic carbocycles. The highest BCUT2D eigenvalue weighted by atomic mass is 16.4. The van der Waals surface area contributed by atoms with E-state index in [9.17, 15) is 9.59 Å². The largest absolute Gasteiger partial charge is 0.430 e.